The van der Waals surface area contributed by atoms with Gasteiger partial charge in [0.25, 0.3) is 5.56 Å². The van der Waals surface area contributed by atoms with Crippen LogP contribution in [0.15, 0.2) is 40.4 Å². The highest BCUT2D eigenvalue weighted by Crippen LogP contribution is 2.34. The number of carbonyl (C=O) groups is 2. The van der Waals surface area contributed by atoms with Crippen molar-refractivity contribution >= 4 is 34.7 Å². The van der Waals surface area contributed by atoms with Crippen LogP contribution in [-0.4, -0.2) is 61.6 Å². The summed E-state index contributed by atoms with van der Waals surface area (Å²) in [5, 5.41) is 5.47. The summed E-state index contributed by atoms with van der Waals surface area (Å²) in [6.07, 6.45) is 3.02. The largest absolute Gasteiger partial charge is 0.466 e. The van der Waals surface area contributed by atoms with Gasteiger partial charge in [0.1, 0.15) is 5.39 Å². The van der Waals surface area contributed by atoms with Crippen LogP contribution < -0.4 is 5.56 Å². The second kappa shape index (κ2) is 9.25. The summed E-state index contributed by atoms with van der Waals surface area (Å²) in [5.74, 6) is 0.307. The maximum Gasteiger partial charge on any atom is 0.309 e. The van der Waals surface area contributed by atoms with E-state index in [1.807, 2.05) is 31.2 Å². The molecule has 3 aromatic rings. The van der Waals surface area contributed by atoms with Gasteiger partial charge in [0.2, 0.25) is 5.91 Å². The van der Waals surface area contributed by atoms with Gasteiger partial charge >= 0.3 is 5.97 Å². The van der Waals surface area contributed by atoms with Crippen LogP contribution in [0.2, 0.25) is 0 Å². The van der Waals surface area contributed by atoms with E-state index in [4.69, 9.17) is 9.72 Å². The Morgan fingerprint density at radius 1 is 1.18 bits per heavy atom. The Morgan fingerprint density at radius 3 is 2.62 bits per heavy atom. The number of fused-ring (bicyclic) bond motifs is 2. The lowest BCUT2D eigenvalue weighted by atomic mass is 9.96. The van der Waals surface area contributed by atoms with Crippen LogP contribution in [0.5, 0.6) is 0 Å². The number of amides is 1. The first-order chi connectivity index (χ1) is 16.5. The summed E-state index contributed by atoms with van der Waals surface area (Å²) in [5.41, 5.74) is 2.35. The zero-order valence-electron chi connectivity index (χ0n) is 19.3. The first-order valence-corrected chi connectivity index (χ1v) is 12.6. The Bertz CT molecular complexity index is 1290. The fraction of sp³-hybridized carbons (Fsp3) is 0.458. The number of aryl methyl sites for hydroxylation is 1. The Balaban J connectivity index is 1.33. The highest BCUT2D eigenvalue weighted by atomic mass is 32.2. The fourth-order valence-corrected chi connectivity index (χ4v) is 5.74. The van der Waals surface area contributed by atoms with Gasteiger partial charge in [-0.2, -0.15) is 5.10 Å². The number of rotatable bonds is 5. The molecule has 1 unspecified atom stereocenters. The topological polar surface area (TPSA) is 99.3 Å². The van der Waals surface area contributed by atoms with Gasteiger partial charge in [-0.1, -0.05) is 29.5 Å². The molecule has 0 radical (unpaired) electrons. The summed E-state index contributed by atoms with van der Waals surface area (Å²) in [4.78, 5) is 44.9. The minimum absolute atomic E-state index is 0.00288. The molecule has 1 atom stereocenters. The van der Waals surface area contributed by atoms with Crippen LogP contribution in [0.4, 0.5) is 0 Å². The fourth-order valence-electron chi connectivity index (χ4n) is 4.61. The minimum Gasteiger partial charge on any atom is -0.466 e. The Hall–Kier alpha value is -3.14. The van der Waals surface area contributed by atoms with E-state index < -0.39 is 0 Å². The SMILES string of the molecule is CCOC(=O)C1CCN(C(=O)CC2CSc3nc4c(cnn4-c4ccc(C)cc4)c(=O)n32)CC1. The van der Waals surface area contributed by atoms with E-state index in [9.17, 15) is 14.4 Å². The van der Waals surface area contributed by atoms with E-state index in [1.165, 1.54) is 11.8 Å². The number of hydrogen-bond donors (Lipinski definition) is 0. The quantitative estimate of drug-likeness (QED) is 0.408. The molecule has 1 amide bonds. The van der Waals surface area contributed by atoms with Gasteiger partial charge in [-0.3, -0.25) is 19.0 Å². The highest BCUT2D eigenvalue weighted by molar-refractivity contribution is 7.99. The lowest BCUT2D eigenvalue weighted by molar-refractivity contribution is -0.151. The molecule has 1 saturated heterocycles. The normalized spacial score (nSPS) is 18.3. The average Bonchev–Trinajstić information content (AvgIpc) is 3.45. The van der Waals surface area contributed by atoms with E-state index >= 15 is 0 Å². The van der Waals surface area contributed by atoms with Gasteiger partial charge in [0.15, 0.2) is 10.8 Å². The molecule has 0 saturated carbocycles. The molecule has 1 aromatic carbocycles. The summed E-state index contributed by atoms with van der Waals surface area (Å²) in [6, 6.07) is 7.65. The van der Waals surface area contributed by atoms with Crippen molar-refractivity contribution in [3.8, 4) is 5.69 Å². The lowest BCUT2D eigenvalue weighted by Gasteiger charge is -2.31. The van der Waals surface area contributed by atoms with Crippen molar-refractivity contribution in [3.63, 3.8) is 0 Å². The first-order valence-electron chi connectivity index (χ1n) is 11.6. The number of esters is 1. The van der Waals surface area contributed by atoms with Crippen LogP contribution in [0.3, 0.4) is 0 Å². The molecule has 4 heterocycles. The number of hydrogen-bond acceptors (Lipinski definition) is 7. The number of thioether (sulfide) groups is 1. The third-order valence-corrected chi connectivity index (χ3v) is 7.62. The number of benzene rings is 1. The van der Waals surface area contributed by atoms with Gasteiger partial charge in [-0.05, 0) is 38.8 Å². The van der Waals surface area contributed by atoms with E-state index in [0.717, 1.165) is 11.3 Å². The molecule has 0 aliphatic carbocycles. The monoisotopic (exact) mass is 481 g/mol. The molecule has 0 spiro atoms. The summed E-state index contributed by atoms with van der Waals surface area (Å²) < 4.78 is 8.44. The van der Waals surface area contributed by atoms with Crippen molar-refractivity contribution in [1.82, 2.24) is 24.2 Å². The zero-order chi connectivity index (χ0) is 23.8. The van der Waals surface area contributed by atoms with Crippen LogP contribution in [0.25, 0.3) is 16.7 Å². The van der Waals surface area contributed by atoms with Gasteiger partial charge in [0.05, 0.1) is 30.5 Å². The number of carbonyl (C=O) groups excluding carboxylic acids is 2. The van der Waals surface area contributed by atoms with E-state index in [-0.39, 0.29) is 35.8 Å². The van der Waals surface area contributed by atoms with Crippen molar-refractivity contribution < 1.29 is 14.3 Å². The van der Waals surface area contributed by atoms with Gasteiger partial charge in [-0.25, -0.2) is 9.67 Å². The Labute approximate surface area is 201 Å². The highest BCUT2D eigenvalue weighted by Gasteiger charge is 2.33. The molecule has 1 fully saturated rings. The van der Waals surface area contributed by atoms with Crippen LogP contribution in [-0.2, 0) is 14.3 Å². The molecule has 34 heavy (non-hydrogen) atoms. The maximum absolute atomic E-state index is 13.3. The summed E-state index contributed by atoms with van der Waals surface area (Å²) in [7, 11) is 0. The number of aromatic nitrogens is 4. The third kappa shape index (κ3) is 4.11. The predicted molar refractivity (Wildman–Crippen MR) is 128 cm³/mol. The molecule has 0 bridgehead atoms. The summed E-state index contributed by atoms with van der Waals surface area (Å²) in [6.45, 7) is 5.25. The maximum atomic E-state index is 13.3. The molecule has 10 heteroatoms. The van der Waals surface area contributed by atoms with Crippen molar-refractivity contribution in [2.24, 2.45) is 5.92 Å². The molecule has 2 aliphatic rings. The molecule has 9 nitrogen and oxygen atoms in total. The van der Waals surface area contributed by atoms with Crippen molar-refractivity contribution in [3.05, 3.63) is 46.4 Å². The van der Waals surface area contributed by atoms with Crippen LogP contribution >= 0.6 is 11.8 Å². The average molecular weight is 482 g/mol. The smallest absolute Gasteiger partial charge is 0.309 e. The molecule has 2 aliphatic heterocycles. The second-order valence-electron chi connectivity index (χ2n) is 8.77. The Kier molecular flexibility index (Phi) is 6.16. The number of likely N-dealkylation sites (tertiary alicyclic amines) is 1. The number of nitrogens with zero attached hydrogens (tertiary/aromatic N) is 5. The molecular weight excluding hydrogens is 454 g/mol. The van der Waals surface area contributed by atoms with Gasteiger partial charge in [0, 0.05) is 25.3 Å². The molecule has 0 N–H and O–H groups in total. The predicted octanol–water partition coefficient (Wildman–Crippen LogP) is 2.73. The van der Waals surface area contributed by atoms with Crippen molar-refractivity contribution in [1.29, 1.82) is 0 Å². The van der Waals surface area contributed by atoms with Crippen LogP contribution in [0.1, 0.15) is 37.8 Å². The van der Waals surface area contributed by atoms with Crippen molar-refractivity contribution in [2.75, 3.05) is 25.4 Å². The van der Waals surface area contributed by atoms with E-state index in [0.29, 0.717) is 54.5 Å². The molecule has 5 rings (SSSR count). The van der Waals surface area contributed by atoms with Crippen LogP contribution in [0, 0.1) is 12.8 Å². The summed E-state index contributed by atoms with van der Waals surface area (Å²) >= 11 is 1.49. The zero-order valence-corrected chi connectivity index (χ0v) is 20.1. The number of ether oxygens (including phenoxy) is 1. The number of piperidine rings is 1. The molecule has 2 aromatic heterocycles. The molecule has 178 valence electrons. The Morgan fingerprint density at radius 2 is 1.91 bits per heavy atom. The minimum atomic E-state index is -0.248. The second-order valence-corrected chi connectivity index (χ2v) is 9.76. The van der Waals surface area contributed by atoms with Gasteiger partial charge < -0.3 is 9.64 Å². The molecular formula is C24H27N5O4S. The van der Waals surface area contributed by atoms with E-state index in [2.05, 4.69) is 5.10 Å². The lowest BCUT2D eigenvalue weighted by Crippen LogP contribution is -2.41. The third-order valence-electron chi connectivity index (χ3n) is 6.53. The first kappa shape index (κ1) is 22.6. The standard InChI is InChI=1S/C24H27N5O4S/c1-3-33-23(32)16-8-10-27(11-9-16)20(30)12-18-14-34-24-26-21-19(22(31)28(18)24)13-25-29(21)17-6-4-15(2)5-7-17/h4-7,13,16,18H,3,8-12,14H2,1-2H3. The van der Waals surface area contributed by atoms with Gasteiger partial charge in [-0.15, -0.1) is 0 Å². The van der Waals surface area contributed by atoms with E-state index in [1.54, 1.807) is 27.3 Å². The van der Waals surface area contributed by atoms with Crippen molar-refractivity contribution in [2.45, 2.75) is 44.3 Å².